The van der Waals surface area contributed by atoms with Crippen molar-refractivity contribution in [2.24, 2.45) is 11.7 Å². The first-order valence-corrected chi connectivity index (χ1v) is 6.79. The fraction of sp³-hybridized carbons (Fsp3) is 0.533. The minimum atomic E-state index is -0.563. The number of ether oxygens (including phenoxy) is 2. The second-order valence-electron chi connectivity index (χ2n) is 5.08. The van der Waals surface area contributed by atoms with Gasteiger partial charge in [0.25, 0.3) is 5.91 Å². The van der Waals surface area contributed by atoms with Crippen LogP contribution in [-0.2, 0) is 11.3 Å². The third-order valence-electron chi connectivity index (χ3n) is 2.85. The SMILES string of the molecule is COc1ccc(OC(C)C(=O)NCC(C)C)c(CN)c1. The average molecular weight is 280 g/mol. The van der Waals surface area contributed by atoms with Crippen molar-refractivity contribution in [1.82, 2.24) is 5.32 Å². The quantitative estimate of drug-likeness (QED) is 0.797. The molecule has 0 aromatic heterocycles. The molecule has 1 aromatic rings. The zero-order valence-electron chi connectivity index (χ0n) is 12.6. The fourth-order valence-corrected chi connectivity index (χ4v) is 1.65. The van der Waals surface area contributed by atoms with Gasteiger partial charge in [0.05, 0.1) is 7.11 Å². The molecule has 112 valence electrons. The van der Waals surface area contributed by atoms with Crippen molar-refractivity contribution in [1.29, 1.82) is 0 Å². The Balaban J connectivity index is 2.69. The Bertz CT molecular complexity index is 447. The van der Waals surface area contributed by atoms with Crippen molar-refractivity contribution in [3.8, 4) is 11.5 Å². The van der Waals surface area contributed by atoms with Gasteiger partial charge in [0.2, 0.25) is 0 Å². The molecule has 1 aromatic carbocycles. The Morgan fingerprint density at radius 3 is 2.60 bits per heavy atom. The topological polar surface area (TPSA) is 73.6 Å². The van der Waals surface area contributed by atoms with Crippen LogP contribution in [0.5, 0.6) is 11.5 Å². The van der Waals surface area contributed by atoms with E-state index in [4.69, 9.17) is 15.2 Å². The van der Waals surface area contributed by atoms with Gasteiger partial charge in [-0.25, -0.2) is 0 Å². The molecule has 1 amide bonds. The smallest absolute Gasteiger partial charge is 0.260 e. The lowest BCUT2D eigenvalue weighted by Gasteiger charge is -2.18. The van der Waals surface area contributed by atoms with E-state index in [1.165, 1.54) is 0 Å². The molecule has 0 aliphatic rings. The highest BCUT2D eigenvalue weighted by atomic mass is 16.5. The van der Waals surface area contributed by atoms with Crippen molar-refractivity contribution in [2.45, 2.75) is 33.4 Å². The molecule has 1 rings (SSSR count). The lowest BCUT2D eigenvalue weighted by atomic mass is 10.2. The van der Waals surface area contributed by atoms with E-state index in [2.05, 4.69) is 5.32 Å². The summed E-state index contributed by atoms with van der Waals surface area (Å²) in [5, 5.41) is 2.84. The summed E-state index contributed by atoms with van der Waals surface area (Å²) in [4.78, 5) is 11.9. The van der Waals surface area contributed by atoms with Gasteiger partial charge < -0.3 is 20.5 Å². The highest BCUT2D eigenvalue weighted by molar-refractivity contribution is 5.80. The van der Waals surface area contributed by atoms with Crippen LogP contribution in [-0.4, -0.2) is 25.7 Å². The van der Waals surface area contributed by atoms with Gasteiger partial charge in [-0.2, -0.15) is 0 Å². The number of nitrogens with one attached hydrogen (secondary N) is 1. The van der Waals surface area contributed by atoms with E-state index in [-0.39, 0.29) is 5.91 Å². The van der Waals surface area contributed by atoms with Crippen LogP contribution in [0.3, 0.4) is 0 Å². The minimum Gasteiger partial charge on any atom is -0.497 e. The molecule has 0 saturated carbocycles. The van der Waals surface area contributed by atoms with E-state index >= 15 is 0 Å². The van der Waals surface area contributed by atoms with Gasteiger partial charge in [0, 0.05) is 18.7 Å². The van der Waals surface area contributed by atoms with Crippen LogP contribution < -0.4 is 20.5 Å². The van der Waals surface area contributed by atoms with Crippen molar-refractivity contribution in [2.75, 3.05) is 13.7 Å². The first kappa shape index (κ1) is 16.3. The number of benzene rings is 1. The van der Waals surface area contributed by atoms with Crippen LogP contribution in [0.25, 0.3) is 0 Å². The molecular weight excluding hydrogens is 256 g/mol. The summed E-state index contributed by atoms with van der Waals surface area (Å²) in [5.41, 5.74) is 6.50. The molecule has 0 aliphatic heterocycles. The molecule has 5 heteroatoms. The maximum absolute atomic E-state index is 11.9. The van der Waals surface area contributed by atoms with Gasteiger partial charge in [-0.05, 0) is 31.0 Å². The monoisotopic (exact) mass is 280 g/mol. The van der Waals surface area contributed by atoms with Crippen LogP contribution in [0.1, 0.15) is 26.3 Å². The number of hydrogen-bond acceptors (Lipinski definition) is 4. The normalized spacial score (nSPS) is 12.1. The fourth-order valence-electron chi connectivity index (χ4n) is 1.65. The summed E-state index contributed by atoms with van der Waals surface area (Å²) in [6.45, 7) is 6.77. The number of methoxy groups -OCH3 is 1. The van der Waals surface area contributed by atoms with E-state index in [1.54, 1.807) is 26.2 Å². The molecule has 1 unspecified atom stereocenters. The lowest BCUT2D eigenvalue weighted by Crippen LogP contribution is -2.38. The average Bonchev–Trinajstić information content (AvgIpc) is 2.44. The molecule has 0 fully saturated rings. The van der Waals surface area contributed by atoms with Gasteiger partial charge in [-0.15, -0.1) is 0 Å². The van der Waals surface area contributed by atoms with Gasteiger partial charge in [-0.1, -0.05) is 13.8 Å². The van der Waals surface area contributed by atoms with Gasteiger partial charge in [0.1, 0.15) is 11.5 Å². The summed E-state index contributed by atoms with van der Waals surface area (Å²) in [5.74, 6) is 1.61. The van der Waals surface area contributed by atoms with Gasteiger partial charge in [-0.3, -0.25) is 4.79 Å². The number of carbonyl (C=O) groups excluding carboxylic acids is 1. The third kappa shape index (κ3) is 4.74. The van der Waals surface area contributed by atoms with E-state index in [1.807, 2.05) is 19.9 Å². The van der Waals surface area contributed by atoms with Crippen LogP contribution >= 0.6 is 0 Å². The van der Waals surface area contributed by atoms with Crippen LogP contribution in [0.4, 0.5) is 0 Å². The Hall–Kier alpha value is -1.75. The maximum atomic E-state index is 11.9. The lowest BCUT2D eigenvalue weighted by molar-refractivity contribution is -0.127. The number of amides is 1. The zero-order chi connectivity index (χ0) is 15.1. The van der Waals surface area contributed by atoms with E-state index in [9.17, 15) is 4.79 Å². The van der Waals surface area contributed by atoms with Crippen molar-refractivity contribution in [3.05, 3.63) is 23.8 Å². The highest BCUT2D eigenvalue weighted by Crippen LogP contribution is 2.24. The van der Waals surface area contributed by atoms with E-state index in [0.717, 1.165) is 11.3 Å². The molecule has 0 aliphatic carbocycles. The molecule has 20 heavy (non-hydrogen) atoms. The van der Waals surface area contributed by atoms with Gasteiger partial charge >= 0.3 is 0 Å². The molecule has 0 heterocycles. The van der Waals surface area contributed by atoms with Crippen LogP contribution in [0, 0.1) is 5.92 Å². The van der Waals surface area contributed by atoms with Crippen LogP contribution in [0.15, 0.2) is 18.2 Å². The Labute approximate surface area is 120 Å². The second kappa shape index (κ2) is 7.75. The Morgan fingerprint density at radius 2 is 2.05 bits per heavy atom. The summed E-state index contributed by atoms with van der Waals surface area (Å²) in [6, 6.07) is 5.37. The summed E-state index contributed by atoms with van der Waals surface area (Å²) in [7, 11) is 1.60. The molecule has 5 nitrogen and oxygen atoms in total. The minimum absolute atomic E-state index is 0.127. The molecule has 0 radical (unpaired) electrons. The second-order valence-corrected chi connectivity index (χ2v) is 5.08. The molecule has 0 saturated heterocycles. The summed E-state index contributed by atoms with van der Waals surface area (Å²) in [6.07, 6.45) is -0.563. The largest absolute Gasteiger partial charge is 0.497 e. The van der Waals surface area contributed by atoms with E-state index in [0.29, 0.717) is 24.8 Å². The molecular formula is C15H24N2O3. The number of hydrogen-bond donors (Lipinski definition) is 2. The summed E-state index contributed by atoms with van der Waals surface area (Å²) < 4.78 is 10.8. The number of nitrogens with two attached hydrogens (primary N) is 1. The Morgan fingerprint density at radius 1 is 1.35 bits per heavy atom. The van der Waals surface area contributed by atoms with E-state index < -0.39 is 6.10 Å². The first-order valence-electron chi connectivity index (χ1n) is 6.79. The molecule has 1 atom stereocenters. The standard InChI is InChI=1S/C15H24N2O3/c1-10(2)9-17-15(18)11(3)20-14-6-5-13(19-4)7-12(14)8-16/h5-7,10-11H,8-9,16H2,1-4H3,(H,17,18). The summed E-state index contributed by atoms with van der Waals surface area (Å²) >= 11 is 0. The number of rotatable bonds is 7. The van der Waals surface area contributed by atoms with Crippen molar-refractivity contribution < 1.29 is 14.3 Å². The zero-order valence-corrected chi connectivity index (χ0v) is 12.6. The van der Waals surface area contributed by atoms with Crippen molar-refractivity contribution >= 4 is 5.91 Å². The third-order valence-corrected chi connectivity index (χ3v) is 2.85. The highest BCUT2D eigenvalue weighted by Gasteiger charge is 2.16. The predicted molar refractivity (Wildman–Crippen MR) is 78.8 cm³/mol. The molecule has 0 bridgehead atoms. The number of carbonyl (C=O) groups is 1. The van der Waals surface area contributed by atoms with Crippen molar-refractivity contribution in [3.63, 3.8) is 0 Å². The predicted octanol–water partition coefficient (Wildman–Crippen LogP) is 1.69. The maximum Gasteiger partial charge on any atom is 0.260 e. The molecule has 0 spiro atoms. The molecule has 3 N–H and O–H groups in total. The van der Waals surface area contributed by atoms with Crippen LogP contribution in [0.2, 0.25) is 0 Å². The van der Waals surface area contributed by atoms with Gasteiger partial charge in [0.15, 0.2) is 6.10 Å². The first-order chi connectivity index (χ1) is 9.47. The Kier molecular flexibility index (Phi) is 6.31.